The second-order valence-corrected chi connectivity index (χ2v) is 4.41. The molecule has 0 aliphatic carbocycles. The van der Waals surface area contributed by atoms with Gasteiger partial charge in [-0.15, -0.1) is 0 Å². The minimum Gasteiger partial charge on any atom is -0.497 e. The SMILES string of the molecule is COc1ccc(CNCc2ccc(OC)cc2F)cc1. The van der Waals surface area contributed by atoms with E-state index >= 15 is 0 Å². The molecule has 0 aliphatic heterocycles. The molecule has 0 aromatic heterocycles. The minimum absolute atomic E-state index is 0.258. The molecule has 0 aliphatic rings. The fraction of sp³-hybridized carbons (Fsp3) is 0.250. The fourth-order valence-electron chi connectivity index (χ4n) is 1.88. The highest BCUT2D eigenvalue weighted by Crippen LogP contribution is 2.16. The molecular weight excluding hydrogens is 257 g/mol. The van der Waals surface area contributed by atoms with Gasteiger partial charge in [-0.05, 0) is 23.8 Å². The first-order chi connectivity index (χ1) is 9.72. The molecule has 0 atom stereocenters. The Morgan fingerprint density at radius 1 is 0.900 bits per heavy atom. The zero-order valence-electron chi connectivity index (χ0n) is 11.7. The maximum atomic E-state index is 13.7. The van der Waals surface area contributed by atoms with E-state index in [9.17, 15) is 4.39 Å². The molecule has 0 spiro atoms. The predicted octanol–water partition coefficient (Wildman–Crippen LogP) is 3.13. The van der Waals surface area contributed by atoms with E-state index in [4.69, 9.17) is 9.47 Å². The van der Waals surface area contributed by atoms with Crippen molar-refractivity contribution >= 4 is 0 Å². The van der Waals surface area contributed by atoms with Crippen molar-refractivity contribution in [3.05, 3.63) is 59.4 Å². The van der Waals surface area contributed by atoms with Crippen molar-refractivity contribution in [2.45, 2.75) is 13.1 Å². The van der Waals surface area contributed by atoms with Gasteiger partial charge in [0.15, 0.2) is 0 Å². The third kappa shape index (κ3) is 3.71. The average Bonchev–Trinajstić information content (AvgIpc) is 2.49. The van der Waals surface area contributed by atoms with E-state index in [1.165, 1.54) is 13.2 Å². The van der Waals surface area contributed by atoms with Gasteiger partial charge in [0.25, 0.3) is 0 Å². The number of hydrogen-bond donors (Lipinski definition) is 1. The lowest BCUT2D eigenvalue weighted by molar-refractivity contribution is 0.410. The second kappa shape index (κ2) is 6.91. The van der Waals surface area contributed by atoms with Gasteiger partial charge in [-0.3, -0.25) is 0 Å². The van der Waals surface area contributed by atoms with Gasteiger partial charge in [0.05, 0.1) is 14.2 Å². The third-order valence-corrected chi connectivity index (χ3v) is 3.06. The highest BCUT2D eigenvalue weighted by Gasteiger charge is 2.03. The van der Waals surface area contributed by atoms with E-state index in [-0.39, 0.29) is 5.82 Å². The topological polar surface area (TPSA) is 30.5 Å². The molecule has 3 nitrogen and oxygen atoms in total. The van der Waals surface area contributed by atoms with Gasteiger partial charge in [-0.25, -0.2) is 4.39 Å². The summed E-state index contributed by atoms with van der Waals surface area (Å²) >= 11 is 0. The van der Waals surface area contributed by atoms with Crippen molar-refractivity contribution in [3.63, 3.8) is 0 Å². The lowest BCUT2D eigenvalue weighted by Gasteiger charge is -2.08. The Bertz CT molecular complexity index is 555. The first kappa shape index (κ1) is 14.3. The molecule has 4 heteroatoms. The molecule has 0 unspecified atom stereocenters. The minimum atomic E-state index is -0.258. The Morgan fingerprint density at radius 2 is 1.55 bits per heavy atom. The van der Waals surface area contributed by atoms with E-state index < -0.39 is 0 Å². The number of rotatable bonds is 6. The van der Waals surface area contributed by atoms with Gasteiger partial charge in [-0.1, -0.05) is 18.2 Å². The van der Waals surface area contributed by atoms with Crippen LogP contribution in [0, 0.1) is 5.82 Å². The van der Waals surface area contributed by atoms with E-state index in [0.29, 0.717) is 24.4 Å². The van der Waals surface area contributed by atoms with E-state index in [2.05, 4.69) is 5.32 Å². The Morgan fingerprint density at radius 3 is 2.15 bits per heavy atom. The molecule has 2 aromatic rings. The lowest BCUT2D eigenvalue weighted by Crippen LogP contribution is -2.13. The second-order valence-electron chi connectivity index (χ2n) is 4.41. The number of methoxy groups -OCH3 is 2. The van der Waals surface area contributed by atoms with Crippen LogP contribution in [0.1, 0.15) is 11.1 Å². The van der Waals surface area contributed by atoms with Crippen molar-refractivity contribution in [3.8, 4) is 11.5 Å². The van der Waals surface area contributed by atoms with Crippen LogP contribution in [0.15, 0.2) is 42.5 Å². The standard InChI is InChI=1S/C16H18FNO2/c1-19-14-6-3-12(4-7-14)10-18-11-13-5-8-15(20-2)9-16(13)17/h3-9,18H,10-11H2,1-2H3. The monoisotopic (exact) mass is 275 g/mol. The van der Waals surface area contributed by atoms with Gasteiger partial charge >= 0.3 is 0 Å². The Hall–Kier alpha value is -2.07. The molecular formula is C16H18FNO2. The first-order valence-corrected chi connectivity index (χ1v) is 6.39. The fourth-order valence-corrected chi connectivity index (χ4v) is 1.88. The molecule has 0 saturated carbocycles. The van der Waals surface area contributed by atoms with Gasteiger partial charge in [0, 0.05) is 24.7 Å². The van der Waals surface area contributed by atoms with Crippen LogP contribution in [0.5, 0.6) is 11.5 Å². The number of halogens is 1. The molecule has 0 heterocycles. The predicted molar refractivity (Wildman–Crippen MR) is 76.5 cm³/mol. The molecule has 20 heavy (non-hydrogen) atoms. The van der Waals surface area contributed by atoms with Crippen LogP contribution >= 0.6 is 0 Å². The molecule has 0 saturated heterocycles. The number of ether oxygens (including phenoxy) is 2. The number of hydrogen-bond acceptors (Lipinski definition) is 3. The van der Waals surface area contributed by atoms with Crippen LogP contribution in [0.3, 0.4) is 0 Å². The van der Waals surface area contributed by atoms with Crippen LogP contribution in [-0.4, -0.2) is 14.2 Å². The van der Waals surface area contributed by atoms with Crippen molar-refractivity contribution < 1.29 is 13.9 Å². The largest absolute Gasteiger partial charge is 0.497 e. The van der Waals surface area contributed by atoms with Crippen LogP contribution in [-0.2, 0) is 13.1 Å². The summed E-state index contributed by atoms with van der Waals surface area (Å²) in [5, 5.41) is 3.21. The third-order valence-electron chi connectivity index (χ3n) is 3.06. The van der Waals surface area contributed by atoms with Gasteiger partial charge in [-0.2, -0.15) is 0 Å². The summed E-state index contributed by atoms with van der Waals surface area (Å²) in [6.07, 6.45) is 0. The summed E-state index contributed by atoms with van der Waals surface area (Å²) in [6, 6.07) is 12.7. The Kier molecular flexibility index (Phi) is 4.96. The Balaban J connectivity index is 1.88. The summed E-state index contributed by atoms with van der Waals surface area (Å²) in [5.41, 5.74) is 1.75. The van der Waals surface area contributed by atoms with Gasteiger partial charge < -0.3 is 14.8 Å². The van der Waals surface area contributed by atoms with E-state index in [1.807, 2.05) is 24.3 Å². The summed E-state index contributed by atoms with van der Waals surface area (Å²) in [5.74, 6) is 1.10. The highest BCUT2D eigenvalue weighted by molar-refractivity contribution is 5.29. The zero-order valence-corrected chi connectivity index (χ0v) is 11.7. The summed E-state index contributed by atoms with van der Waals surface area (Å²) in [7, 11) is 3.16. The quantitative estimate of drug-likeness (QED) is 0.878. The number of nitrogens with one attached hydrogen (secondary N) is 1. The smallest absolute Gasteiger partial charge is 0.131 e. The van der Waals surface area contributed by atoms with Crippen molar-refractivity contribution in [1.82, 2.24) is 5.32 Å². The van der Waals surface area contributed by atoms with Gasteiger partial charge in [0.2, 0.25) is 0 Å². The summed E-state index contributed by atoms with van der Waals surface area (Å²) < 4.78 is 23.8. The molecule has 0 amide bonds. The maximum Gasteiger partial charge on any atom is 0.131 e. The maximum absolute atomic E-state index is 13.7. The van der Waals surface area contributed by atoms with Crippen LogP contribution in [0.25, 0.3) is 0 Å². The molecule has 0 bridgehead atoms. The van der Waals surface area contributed by atoms with Crippen molar-refractivity contribution in [1.29, 1.82) is 0 Å². The molecule has 0 fully saturated rings. The summed E-state index contributed by atoms with van der Waals surface area (Å²) in [6.45, 7) is 1.15. The average molecular weight is 275 g/mol. The van der Waals surface area contributed by atoms with E-state index in [0.717, 1.165) is 11.3 Å². The molecule has 1 N–H and O–H groups in total. The molecule has 2 rings (SSSR count). The van der Waals surface area contributed by atoms with Crippen LogP contribution < -0.4 is 14.8 Å². The molecule has 0 radical (unpaired) electrons. The highest BCUT2D eigenvalue weighted by atomic mass is 19.1. The first-order valence-electron chi connectivity index (χ1n) is 6.39. The normalized spacial score (nSPS) is 10.3. The van der Waals surface area contributed by atoms with Crippen LogP contribution in [0.2, 0.25) is 0 Å². The number of benzene rings is 2. The molecule has 106 valence electrons. The van der Waals surface area contributed by atoms with Gasteiger partial charge in [0.1, 0.15) is 17.3 Å². The summed E-state index contributed by atoms with van der Waals surface area (Å²) in [4.78, 5) is 0. The lowest BCUT2D eigenvalue weighted by atomic mass is 10.2. The van der Waals surface area contributed by atoms with Crippen molar-refractivity contribution in [2.75, 3.05) is 14.2 Å². The molecule has 2 aromatic carbocycles. The van der Waals surface area contributed by atoms with Crippen molar-refractivity contribution in [2.24, 2.45) is 0 Å². The van der Waals surface area contributed by atoms with Crippen LogP contribution in [0.4, 0.5) is 4.39 Å². The zero-order chi connectivity index (χ0) is 14.4. The Labute approximate surface area is 118 Å². The van der Waals surface area contributed by atoms with E-state index in [1.54, 1.807) is 19.2 Å².